The summed E-state index contributed by atoms with van der Waals surface area (Å²) in [7, 11) is 1.56. The molecule has 0 aromatic heterocycles. The Morgan fingerprint density at radius 1 is 1.17 bits per heavy atom. The number of methoxy groups -OCH3 is 1. The number of benzene rings is 1. The van der Waals surface area contributed by atoms with Gasteiger partial charge in [0, 0.05) is 12.5 Å². The number of nitrogens with one attached hydrogen (secondary N) is 2. The van der Waals surface area contributed by atoms with Crippen molar-refractivity contribution in [1.82, 2.24) is 10.6 Å². The zero-order chi connectivity index (χ0) is 17.2. The predicted molar refractivity (Wildman–Crippen MR) is 84.1 cm³/mol. The number of para-hydroxylation sites is 1. The number of hydrogen-bond acceptors (Lipinski definition) is 5. The highest BCUT2D eigenvalue weighted by atomic mass is 16.5. The number of imide groups is 1. The first-order valence-corrected chi connectivity index (χ1v) is 7.30. The summed E-state index contributed by atoms with van der Waals surface area (Å²) in [5, 5.41) is 4.57. The molecule has 1 aromatic rings. The first kappa shape index (κ1) is 18.5. The number of esters is 1. The lowest BCUT2D eigenvalue weighted by atomic mass is 10.1. The second kappa shape index (κ2) is 9.45. The molecule has 0 bridgehead atoms. The molecule has 1 aromatic carbocycles. The molecule has 0 atom stereocenters. The Labute approximate surface area is 135 Å². The van der Waals surface area contributed by atoms with Crippen LogP contribution in [-0.2, 0) is 20.7 Å². The predicted octanol–water partition coefficient (Wildman–Crippen LogP) is 1.41. The zero-order valence-electron chi connectivity index (χ0n) is 13.5. The normalized spacial score (nSPS) is 10.1. The number of urea groups is 1. The van der Waals surface area contributed by atoms with Crippen LogP contribution in [0.4, 0.5) is 4.79 Å². The van der Waals surface area contributed by atoms with Crippen molar-refractivity contribution >= 4 is 17.9 Å². The van der Waals surface area contributed by atoms with Crippen molar-refractivity contribution in [2.75, 3.05) is 13.7 Å². The molecular formula is C16H22N2O5. The van der Waals surface area contributed by atoms with Gasteiger partial charge in [0.1, 0.15) is 5.75 Å². The molecule has 0 saturated carbocycles. The minimum atomic E-state index is -0.672. The minimum absolute atomic E-state index is 0.0915. The number of carbonyl (C=O) groups excluding carboxylic acids is 3. The Balaban J connectivity index is 2.31. The van der Waals surface area contributed by atoms with Crippen molar-refractivity contribution in [3.8, 4) is 5.75 Å². The maximum atomic E-state index is 11.6. The van der Waals surface area contributed by atoms with E-state index in [4.69, 9.17) is 9.47 Å². The summed E-state index contributed by atoms with van der Waals surface area (Å²) in [6.45, 7) is 3.04. The Hall–Kier alpha value is -2.57. The van der Waals surface area contributed by atoms with Gasteiger partial charge in [-0.15, -0.1) is 0 Å². The van der Waals surface area contributed by atoms with Gasteiger partial charge in [-0.05, 0) is 31.9 Å². The number of aryl methyl sites for hydroxylation is 1. The number of ether oxygens (including phenoxy) is 2. The van der Waals surface area contributed by atoms with Crippen molar-refractivity contribution in [1.29, 1.82) is 0 Å². The molecule has 0 fully saturated rings. The van der Waals surface area contributed by atoms with E-state index in [-0.39, 0.29) is 12.5 Å². The van der Waals surface area contributed by atoms with Crippen molar-refractivity contribution in [3.63, 3.8) is 0 Å². The van der Waals surface area contributed by atoms with Crippen LogP contribution in [0.25, 0.3) is 0 Å². The third kappa shape index (κ3) is 7.30. The monoisotopic (exact) mass is 322 g/mol. The molecule has 23 heavy (non-hydrogen) atoms. The van der Waals surface area contributed by atoms with E-state index in [1.54, 1.807) is 27.0 Å². The van der Waals surface area contributed by atoms with E-state index in [1.807, 2.05) is 18.2 Å². The van der Waals surface area contributed by atoms with Crippen molar-refractivity contribution in [2.45, 2.75) is 32.7 Å². The SMILES string of the molecule is COc1ccccc1CCC(=O)OCC(=O)NC(=O)NC(C)C. The first-order chi connectivity index (χ1) is 10.9. The lowest BCUT2D eigenvalue weighted by molar-refractivity contribution is -0.148. The van der Waals surface area contributed by atoms with Gasteiger partial charge in [-0.1, -0.05) is 18.2 Å². The summed E-state index contributed by atoms with van der Waals surface area (Å²) in [4.78, 5) is 34.4. The van der Waals surface area contributed by atoms with E-state index >= 15 is 0 Å². The average molecular weight is 322 g/mol. The van der Waals surface area contributed by atoms with E-state index in [9.17, 15) is 14.4 Å². The van der Waals surface area contributed by atoms with Crippen molar-refractivity contribution in [2.24, 2.45) is 0 Å². The highest BCUT2D eigenvalue weighted by Gasteiger charge is 2.12. The fraction of sp³-hybridized carbons (Fsp3) is 0.438. The maximum Gasteiger partial charge on any atom is 0.321 e. The Morgan fingerprint density at radius 3 is 2.52 bits per heavy atom. The van der Waals surface area contributed by atoms with Gasteiger partial charge in [-0.2, -0.15) is 0 Å². The molecule has 7 heteroatoms. The second-order valence-electron chi connectivity index (χ2n) is 5.15. The second-order valence-corrected chi connectivity index (χ2v) is 5.15. The molecule has 126 valence electrons. The molecule has 0 aliphatic rings. The van der Waals surface area contributed by atoms with Crippen molar-refractivity contribution < 1.29 is 23.9 Å². The molecule has 0 heterocycles. The summed E-state index contributed by atoms with van der Waals surface area (Å²) in [5.41, 5.74) is 0.882. The van der Waals surface area contributed by atoms with Gasteiger partial charge in [0.25, 0.3) is 5.91 Å². The van der Waals surface area contributed by atoms with E-state index in [1.165, 1.54) is 0 Å². The molecule has 0 unspecified atom stereocenters. The Kier molecular flexibility index (Phi) is 7.59. The molecule has 1 rings (SSSR count). The molecule has 0 radical (unpaired) electrons. The third-order valence-corrected chi connectivity index (χ3v) is 2.83. The lowest BCUT2D eigenvalue weighted by Crippen LogP contribution is -2.44. The van der Waals surface area contributed by atoms with E-state index in [2.05, 4.69) is 10.6 Å². The van der Waals surface area contributed by atoms with Gasteiger partial charge in [0.2, 0.25) is 0 Å². The van der Waals surface area contributed by atoms with E-state index < -0.39 is 24.5 Å². The fourth-order valence-corrected chi connectivity index (χ4v) is 1.83. The van der Waals surface area contributed by atoms with Crippen LogP contribution in [0.15, 0.2) is 24.3 Å². The molecule has 3 amide bonds. The fourth-order valence-electron chi connectivity index (χ4n) is 1.83. The smallest absolute Gasteiger partial charge is 0.321 e. The molecule has 2 N–H and O–H groups in total. The average Bonchev–Trinajstić information content (AvgIpc) is 2.50. The number of hydrogen-bond donors (Lipinski definition) is 2. The Bertz CT molecular complexity index is 557. The van der Waals surface area contributed by atoms with Crippen LogP contribution >= 0.6 is 0 Å². The zero-order valence-corrected chi connectivity index (χ0v) is 13.5. The highest BCUT2D eigenvalue weighted by Crippen LogP contribution is 2.18. The summed E-state index contributed by atoms with van der Waals surface area (Å²) in [5.74, 6) is -0.493. The van der Waals surface area contributed by atoms with E-state index in [0.29, 0.717) is 12.2 Å². The Morgan fingerprint density at radius 2 is 1.87 bits per heavy atom. The van der Waals surface area contributed by atoms with Gasteiger partial charge >= 0.3 is 12.0 Å². The molecule has 0 aliphatic heterocycles. The quantitative estimate of drug-likeness (QED) is 0.740. The van der Waals surface area contributed by atoms with Crippen LogP contribution in [0.1, 0.15) is 25.8 Å². The van der Waals surface area contributed by atoms with Crippen LogP contribution in [0.3, 0.4) is 0 Å². The largest absolute Gasteiger partial charge is 0.496 e. The topological polar surface area (TPSA) is 93.7 Å². The standard InChI is InChI=1S/C16H22N2O5/c1-11(2)17-16(21)18-14(19)10-23-15(20)9-8-12-6-4-5-7-13(12)22-3/h4-7,11H,8-10H2,1-3H3,(H2,17,18,19,21). The van der Waals surface area contributed by atoms with Crippen LogP contribution in [-0.4, -0.2) is 37.7 Å². The van der Waals surface area contributed by atoms with Gasteiger partial charge in [0.05, 0.1) is 7.11 Å². The van der Waals surface area contributed by atoms with Gasteiger partial charge in [-0.25, -0.2) is 4.79 Å². The number of carbonyl (C=O) groups is 3. The maximum absolute atomic E-state index is 11.6. The number of rotatable bonds is 7. The van der Waals surface area contributed by atoms with Crippen LogP contribution < -0.4 is 15.4 Å². The highest BCUT2D eigenvalue weighted by molar-refractivity contribution is 5.95. The van der Waals surface area contributed by atoms with Crippen LogP contribution in [0.5, 0.6) is 5.75 Å². The van der Waals surface area contributed by atoms with Gasteiger partial charge in [0.15, 0.2) is 6.61 Å². The van der Waals surface area contributed by atoms with Gasteiger partial charge in [-0.3, -0.25) is 14.9 Å². The summed E-state index contributed by atoms with van der Waals surface area (Å²) >= 11 is 0. The molecular weight excluding hydrogens is 300 g/mol. The molecule has 0 spiro atoms. The summed E-state index contributed by atoms with van der Waals surface area (Å²) in [6, 6.07) is 6.65. The molecule has 7 nitrogen and oxygen atoms in total. The van der Waals surface area contributed by atoms with Crippen LogP contribution in [0.2, 0.25) is 0 Å². The molecule has 0 saturated heterocycles. The molecule has 0 aliphatic carbocycles. The lowest BCUT2D eigenvalue weighted by Gasteiger charge is -2.10. The van der Waals surface area contributed by atoms with Crippen LogP contribution in [0, 0.1) is 0 Å². The van der Waals surface area contributed by atoms with Crippen molar-refractivity contribution in [3.05, 3.63) is 29.8 Å². The summed E-state index contributed by atoms with van der Waals surface area (Å²) < 4.78 is 10.0. The summed E-state index contributed by atoms with van der Waals surface area (Å²) in [6.07, 6.45) is 0.560. The van der Waals surface area contributed by atoms with E-state index in [0.717, 1.165) is 5.56 Å². The van der Waals surface area contributed by atoms with Gasteiger partial charge < -0.3 is 14.8 Å². The minimum Gasteiger partial charge on any atom is -0.496 e. The third-order valence-electron chi connectivity index (χ3n) is 2.83. The first-order valence-electron chi connectivity index (χ1n) is 7.30. The number of amides is 3.